The Morgan fingerprint density at radius 1 is 1.35 bits per heavy atom. The van der Waals surface area contributed by atoms with Gasteiger partial charge in [0.15, 0.2) is 0 Å². The number of rotatable bonds is 9. The lowest BCUT2D eigenvalue weighted by Crippen LogP contribution is -2.55. The summed E-state index contributed by atoms with van der Waals surface area (Å²) in [7, 11) is 0. The number of aliphatic carboxylic acids is 1. The summed E-state index contributed by atoms with van der Waals surface area (Å²) >= 11 is 0. The van der Waals surface area contributed by atoms with Crippen LogP contribution < -0.4 is 0 Å². The summed E-state index contributed by atoms with van der Waals surface area (Å²) in [5.41, 5.74) is -0.446. The fourth-order valence-corrected chi connectivity index (χ4v) is 2.30. The van der Waals surface area contributed by atoms with Gasteiger partial charge >= 0.3 is 12.1 Å². The predicted molar refractivity (Wildman–Crippen MR) is 89.1 cm³/mol. The molecule has 0 aliphatic rings. The fourth-order valence-electron chi connectivity index (χ4n) is 2.30. The van der Waals surface area contributed by atoms with Gasteiger partial charge in [0, 0.05) is 6.54 Å². The van der Waals surface area contributed by atoms with Gasteiger partial charge in [-0.3, -0.25) is 4.90 Å². The minimum atomic E-state index is -1.31. The van der Waals surface area contributed by atoms with Crippen LogP contribution in [0, 0.1) is 0 Å². The first-order valence-corrected chi connectivity index (χ1v) is 7.78. The molecule has 0 saturated carbocycles. The summed E-state index contributed by atoms with van der Waals surface area (Å²) < 4.78 is 5.32. The smallest absolute Gasteiger partial charge is 0.411 e. The van der Waals surface area contributed by atoms with Gasteiger partial charge in [0.25, 0.3) is 0 Å². The first-order chi connectivity index (χ1) is 11.0. The number of ether oxygens (including phenoxy) is 1. The van der Waals surface area contributed by atoms with Gasteiger partial charge in [0.05, 0.1) is 0 Å². The molecule has 1 unspecified atom stereocenters. The largest absolute Gasteiger partial charge is 0.480 e. The molecule has 1 N–H and O–H groups in total. The fraction of sp³-hybridized carbons (Fsp3) is 0.444. The molecule has 1 aromatic carbocycles. The number of carbonyl (C=O) groups is 2. The van der Waals surface area contributed by atoms with E-state index < -0.39 is 17.6 Å². The van der Waals surface area contributed by atoms with E-state index in [1.807, 2.05) is 37.3 Å². The van der Waals surface area contributed by atoms with Gasteiger partial charge in [-0.2, -0.15) is 0 Å². The number of allylic oxidation sites excluding steroid dienone is 1. The van der Waals surface area contributed by atoms with Gasteiger partial charge in [-0.25, -0.2) is 9.59 Å². The van der Waals surface area contributed by atoms with Crippen LogP contribution in [0.2, 0.25) is 0 Å². The van der Waals surface area contributed by atoms with Gasteiger partial charge in [-0.1, -0.05) is 43.3 Å². The molecule has 0 bridgehead atoms. The van der Waals surface area contributed by atoms with Gasteiger partial charge in [-0.15, -0.1) is 6.58 Å². The molecule has 23 heavy (non-hydrogen) atoms. The molecule has 0 heterocycles. The average Bonchev–Trinajstić information content (AvgIpc) is 2.56. The Balaban J connectivity index is 2.86. The number of nitrogens with zero attached hydrogens (tertiary/aromatic N) is 1. The van der Waals surface area contributed by atoms with Gasteiger partial charge < -0.3 is 9.84 Å². The summed E-state index contributed by atoms with van der Waals surface area (Å²) in [4.78, 5) is 25.5. The summed E-state index contributed by atoms with van der Waals surface area (Å²) in [5, 5.41) is 9.61. The van der Waals surface area contributed by atoms with Crippen molar-refractivity contribution in [2.75, 3.05) is 6.54 Å². The maximum absolute atomic E-state index is 12.4. The highest BCUT2D eigenvalue weighted by Gasteiger charge is 2.42. The lowest BCUT2D eigenvalue weighted by molar-refractivity contribution is -0.150. The highest BCUT2D eigenvalue weighted by molar-refractivity contribution is 5.84. The molecule has 5 heteroatoms. The maximum Gasteiger partial charge on any atom is 0.411 e. The van der Waals surface area contributed by atoms with Gasteiger partial charge in [0.1, 0.15) is 12.1 Å². The zero-order valence-electron chi connectivity index (χ0n) is 13.8. The highest BCUT2D eigenvalue weighted by Crippen LogP contribution is 2.24. The second-order valence-electron chi connectivity index (χ2n) is 5.60. The molecule has 126 valence electrons. The molecule has 0 saturated heterocycles. The molecule has 1 amide bonds. The average molecular weight is 319 g/mol. The van der Waals surface area contributed by atoms with Crippen molar-refractivity contribution in [2.45, 2.75) is 45.3 Å². The molecule has 1 atom stereocenters. The van der Waals surface area contributed by atoms with Crippen LogP contribution in [0.3, 0.4) is 0 Å². The SMILES string of the molecule is C=CCCC(C)(C(=O)O)N(CCC)C(=O)OCc1ccccc1. The van der Waals surface area contributed by atoms with Crippen LogP contribution >= 0.6 is 0 Å². The molecule has 0 aliphatic carbocycles. The van der Waals surface area contributed by atoms with E-state index in [9.17, 15) is 14.7 Å². The van der Waals surface area contributed by atoms with E-state index in [-0.39, 0.29) is 6.61 Å². The molecular formula is C18H25NO4. The van der Waals surface area contributed by atoms with Crippen molar-refractivity contribution in [3.63, 3.8) is 0 Å². The number of hydrogen-bond donors (Lipinski definition) is 1. The van der Waals surface area contributed by atoms with E-state index in [0.29, 0.717) is 25.8 Å². The Labute approximate surface area is 137 Å². The Bertz CT molecular complexity index is 529. The van der Waals surface area contributed by atoms with E-state index in [1.165, 1.54) is 4.90 Å². The quantitative estimate of drug-likeness (QED) is 0.702. The third-order valence-corrected chi connectivity index (χ3v) is 3.76. The van der Waals surface area contributed by atoms with Crippen LogP contribution in [0.15, 0.2) is 43.0 Å². The maximum atomic E-state index is 12.4. The van der Waals surface area contributed by atoms with Crippen molar-refractivity contribution >= 4 is 12.1 Å². The van der Waals surface area contributed by atoms with Crippen molar-refractivity contribution in [3.8, 4) is 0 Å². The zero-order valence-corrected chi connectivity index (χ0v) is 13.8. The third-order valence-electron chi connectivity index (χ3n) is 3.76. The molecule has 0 spiro atoms. The topological polar surface area (TPSA) is 66.8 Å². The number of benzene rings is 1. The molecule has 0 aromatic heterocycles. The Hall–Kier alpha value is -2.30. The second-order valence-corrected chi connectivity index (χ2v) is 5.60. The summed E-state index contributed by atoms with van der Waals surface area (Å²) in [6, 6.07) is 9.30. The monoisotopic (exact) mass is 319 g/mol. The summed E-state index contributed by atoms with van der Waals surface area (Å²) in [6.45, 7) is 7.52. The molecule has 5 nitrogen and oxygen atoms in total. The molecule has 0 radical (unpaired) electrons. The van der Waals surface area contributed by atoms with Crippen LogP contribution in [0.1, 0.15) is 38.7 Å². The van der Waals surface area contributed by atoms with E-state index in [1.54, 1.807) is 13.0 Å². The van der Waals surface area contributed by atoms with Crippen LogP contribution in [-0.2, 0) is 16.1 Å². The molecule has 0 aliphatic heterocycles. The Morgan fingerprint density at radius 2 is 2.00 bits per heavy atom. The number of carbonyl (C=O) groups excluding carboxylic acids is 1. The minimum Gasteiger partial charge on any atom is -0.480 e. The highest BCUT2D eigenvalue weighted by atomic mass is 16.6. The van der Waals surface area contributed by atoms with Crippen molar-refractivity contribution in [1.29, 1.82) is 0 Å². The molecule has 0 fully saturated rings. The number of amides is 1. The van der Waals surface area contributed by atoms with E-state index >= 15 is 0 Å². The lowest BCUT2D eigenvalue weighted by Gasteiger charge is -2.37. The third kappa shape index (κ3) is 5.13. The summed E-state index contributed by atoms with van der Waals surface area (Å²) in [6.07, 6.45) is 2.50. The van der Waals surface area contributed by atoms with Crippen molar-refractivity contribution in [2.24, 2.45) is 0 Å². The lowest BCUT2D eigenvalue weighted by atomic mass is 9.93. The van der Waals surface area contributed by atoms with Gasteiger partial charge in [0.2, 0.25) is 0 Å². The normalized spacial score (nSPS) is 13.0. The minimum absolute atomic E-state index is 0.122. The molecule has 1 rings (SSSR count). The Morgan fingerprint density at radius 3 is 2.52 bits per heavy atom. The molecular weight excluding hydrogens is 294 g/mol. The van der Waals surface area contributed by atoms with Crippen LogP contribution in [-0.4, -0.2) is 34.2 Å². The Kier molecular flexibility index (Phi) is 7.32. The van der Waals surface area contributed by atoms with E-state index in [4.69, 9.17) is 4.74 Å². The molecule has 1 aromatic rings. The first-order valence-electron chi connectivity index (χ1n) is 7.78. The van der Waals surface area contributed by atoms with Crippen molar-refractivity contribution in [1.82, 2.24) is 4.90 Å². The van der Waals surface area contributed by atoms with Gasteiger partial charge in [-0.05, 0) is 31.7 Å². The van der Waals surface area contributed by atoms with Crippen LogP contribution in [0.5, 0.6) is 0 Å². The predicted octanol–water partition coefficient (Wildman–Crippen LogP) is 3.84. The van der Waals surface area contributed by atoms with Crippen LogP contribution in [0.25, 0.3) is 0 Å². The zero-order chi connectivity index (χ0) is 17.3. The number of hydrogen-bond acceptors (Lipinski definition) is 3. The van der Waals surface area contributed by atoms with E-state index in [2.05, 4.69) is 6.58 Å². The van der Waals surface area contributed by atoms with Crippen molar-refractivity contribution in [3.05, 3.63) is 48.6 Å². The first kappa shape index (κ1) is 18.7. The van der Waals surface area contributed by atoms with E-state index in [0.717, 1.165) is 5.56 Å². The number of carboxylic acid groups (broad SMARTS) is 1. The van der Waals surface area contributed by atoms with Crippen molar-refractivity contribution < 1.29 is 19.4 Å². The second kappa shape index (κ2) is 8.98. The standard InChI is InChI=1S/C18H25NO4/c1-4-6-12-18(3,16(20)21)19(13-5-2)17(22)23-14-15-10-8-7-9-11-15/h4,7-11H,1,5-6,12-14H2,2-3H3,(H,20,21). The number of carboxylic acids is 1. The van der Waals surface area contributed by atoms with Crippen LogP contribution in [0.4, 0.5) is 4.79 Å². The summed E-state index contributed by atoms with van der Waals surface area (Å²) in [5.74, 6) is -1.04.